The van der Waals surface area contributed by atoms with Gasteiger partial charge in [0.1, 0.15) is 5.75 Å². The van der Waals surface area contributed by atoms with Gasteiger partial charge in [0.15, 0.2) is 0 Å². The maximum absolute atomic E-state index is 12.6. The first kappa shape index (κ1) is 18.4. The lowest BCUT2D eigenvalue weighted by molar-refractivity contribution is -0.121. The minimum absolute atomic E-state index is 0.153. The van der Waals surface area contributed by atoms with E-state index in [4.69, 9.17) is 16.3 Å². The lowest BCUT2D eigenvalue weighted by Gasteiger charge is -2.16. The normalized spacial score (nSPS) is 17.0. The molecule has 0 spiro atoms. The van der Waals surface area contributed by atoms with Gasteiger partial charge in [0, 0.05) is 11.6 Å². The van der Waals surface area contributed by atoms with Crippen LogP contribution in [0.4, 0.5) is 5.69 Å². The third-order valence-corrected chi connectivity index (χ3v) is 4.43. The fourth-order valence-electron chi connectivity index (χ4n) is 2.82. The summed E-state index contributed by atoms with van der Waals surface area (Å²) in [6, 6.07) is 13.9. The molecule has 0 unspecified atom stereocenters. The molecule has 1 aliphatic rings. The first-order chi connectivity index (χ1) is 12.6. The summed E-state index contributed by atoms with van der Waals surface area (Å²) in [6.45, 7) is 3.17. The molecule has 0 saturated carbocycles. The molecule has 3 rings (SSSR count). The zero-order valence-electron chi connectivity index (χ0n) is 14.6. The number of imide groups is 1. The summed E-state index contributed by atoms with van der Waals surface area (Å²) >= 11 is 5.87. The van der Waals surface area contributed by atoms with E-state index in [9.17, 15) is 9.59 Å². The standard InChI is InChI=1S/C20H21ClN2O3/c1-2-11-26-17-9-7-16(8-10-17)23-19(24)12-18(20(23)25)22-13-14-3-5-15(21)6-4-14/h3-10,18,22H,2,11-13H2,1H3/t18-/m1/s1. The van der Waals surface area contributed by atoms with Crippen LogP contribution in [0.3, 0.4) is 0 Å². The summed E-state index contributed by atoms with van der Waals surface area (Å²) in [6.07, 6.45) is 1.08. The monoisotopic (exact) mass is 372 g/mol. The molecule has 6 heteroatoms. The molecule has 0 aromatic heterocycles. The topological polar surface area (TPSA) is 58.6 Å². The molecule has 1 aliphatic heterocycles. The average molecular weight is 373 g/mol. The number of anilines is 1. The van der Waals surface area contributed by atoms with Crippen LogP contribution in [-0.2, 0) is 16.1 Å². The minimum Gasteiger partial charge on any atom is -0.494 e. The predicted molar refractivity (Wildman–Crippen MR) is 101 cm³/mol. The number of ether oxygens (including phenoxy) is 1. The number of nitrogens with one attached hydrogen (secondary N) is 1. The van der Waals surface area contributed by atoms with Crippen LogP contribution in [-0.4, -0.2) is 24.5 Å². The summed E-state index contributed by atoms with van der Waals surface area (Å²) in [5, 5.41) is 3.82. The summed E-state index contributed by atoms with van der Waals surface area (Å²) in [4.78, 5) is 26.2. The van der Waals surface area contributed by atoms with Gasteiger partial charge in [-0.05, 0) is 48.4 Å². The van der Waals surface area contributed by atoms with Gasteiger partial charge in [-0.25, -0.2) is 4.90 Å². The van der Waals surface area contributed by atoms with Crippen LogP contribution in [0.25, 0.3) is 0 Å². The zero-order chi connectivity index (χ0) is 18.5. The van der Waals surface area contributed by atoms with Crippen LogP contribution in [0.15, 0.2) is 48.5 Å². The van der Waals surface area contributed by atoms with Gasteiger partial charge >= 0.3 is 0 Å². The van der Waals surface area contributed by atoms with E-state index in [2.05, 4.69) is 5.32 Å². The van der Waals surface area contributed by atoms with Crippen molar-refractivity contribution in [3.8, 4) is 5.75 Å². The Balaban J connectivity index is 1.63. The van der Waals surface area contributed by atoms with Crippen molar-refractivity contribution >= 4 is 29.1 Å². The molecule has 1 N–H and O–H groups in total. The fraction of sp³-hybridized carbons (Fsp3) is 0.300. The van der Waals surface area contributed by atoms with Crippen LogP contribution < -0.4 is 15.0 Å². The Labute approximate surface area is 157 Å². The molecule has 1 fully saturated rings. The van der Waals surface area contributed by atoms with Crippen LogP contribution in [0.1, 0.15) is 25.3 Å². The molecule has 1 saturated heterocycles. The second-order valence-electron chi connectivity index (χ2n) is 6.17. The van der Waals surface area contributed by atoms with E-state index in [0.29, 0.717) is 23.9 Å². The number of hydrogen-bond donors (Lipinski definition) is 1. The summed E-state index contributed by atoms with van der Waals surface area (Å²) in [7, 11) is 0. The maximum atomic E-state index is 12.6. The van der Waals surface area contributed by atoms with Crippen LogP contribution in [0, 0.1) is 0 Å². The van der Waals surface area contributed by atoms with Crippen molar-refractivity contribution in [2.24, 2.45) is 0 Å². The van der Waals surface area contributed by atoms with Gasteiger partial charge in [-0.1, -0.05) is 30.7 Å². The Morgan fingerprint density at radius 1 is 1.12 bits per heavy atom. The fourth-order valence-corrected chi connectivity index (χ4v) is 2.94. The first-order valence-electron chi connectivity index (χ1n) is 8.66. The third-order valence-electron chi connectivity index (χ3n) is 4.18. The molecule has 2 aromatic rings. The van der Waals surface area contributed by atoms with E-state index in [1.54, 1.807) is 36.4 Å². The molecule has 1 heterocycles. The highest BCUT2D eigenvalue weighted by atomic mass is 35.5. The van der Waals surface area contributed by atoms with Crippen LogP contribution in [0.2, 0.25) is 5.02 Å². The highest BCUT2D eigenvalue weighted by Gasteiger charge is 2.39. The highest BCUT2D eigenvalue weighted by molar-refractivity contribution is 6.30. The van der Waals surface area contributed by atoms with Crippen molar-refractivity contribution in [2.45, 2.75) is 32.4 Å². The van der Waals surface area contributed by atoms with Crippen molar-refractivity contribution in [3.63, 3.8) is 0 Å². The smallest absolute Gasteiger partial charge is 0.251 e. The second-order valence-corrected chi connectivity index (χ2v) is 6.61. The SMILES string of the molecule is CCCOc1ccc(N2C(=O)C[C@@H](NCc3ccc(Cl)cc3)C2=O)cc1. The quantitative estimate of drug-likeness (QED) is 0.755. The lowest BCUT2D eigenvalue weighted by atomic mass is 10.2. The second kappa shape index (κ2) is 8.34. The number of halogens is 1. The molecular weight excluding hydrogens is 352 g/mol. The van der Waals surface area contributed by atoms with Crippen LogP contribution in [0.5, 0.6) is 5.75 Å². The van der Waals surface area contributed by atoms with E-state index >= 15 is 0 Å². The number of amides is 2. The molecule has 26 heavy (non-hydrogen) atoms. The third kappa shape index (κ3) is 4.23. The Morgan fingerprint density at radius 3 is 2.46 bits per heavy atom. The molecular formula is C20H21ClN2O3. The Hall–Kier alpha value is -2.37. The zero-order valence-corrected chi connectivity index (χ0v) is 15.3. The Kier molecular flexibility index (Phi) is 5.91. The molecule has 0 aliphatic carbocycles. The summed E-state index contributed by atoms with van der Waals surface area (Å²) in [5.41, 5.74) is 1.57. The lowest BCUT2D eigenvalue weighted by Crippen LogP contribution is -2.38. The van der Waals surface area contributed by atoms with Gasteiger partial charge in [0.25, 0.3) is 5.91 Å². The van der Waals surface area contributed by atoms with Crippen molar-refractivity contribution in [1.82, 2.24) is 5.32 Å². The van der Waals surface area contributed by atoms with Gasteiger partial charge in [0.2, 0.25) is 5.91 Å². The van der Waals surface area contributed by atoms with Crippen molar-refractivity contribution in [1.29, 1.82) is 0 Å². The molecule has 0 radical (unpaired) electrons. The van der Waals surface area contributed by atoms with Gasteiger partial charge in [-0.15, -0.1) is 0 Å². The van der Waals surface area contributed by atoms with E-state index < -0.39 is 6.04 Å². The molecule has 2 amide bonds. The van der Waals surface area contributed by atoms with Crippen molar-refractivity contribution in [2.75, 3.05) is 11.5 Å². The minimum atomic E-state index is -0.519. The molecule has 136 valence electrons. The molecule has 5 nitrogen and oxygen atoms in total. The summed E-state index contributed by atoms with van der Waals surface area (Å²) < 4.78 is 5.53. The van der Waals surface area contributed by atoms with Gasteiger partial charge in [-0.2, -0.15) is 0 Å². The van der Waals surface area contributed by atoms with Gasteiger partial charge in [-0.3, -0.25) is 9.59 Å². The summed E-state index contributed by atoms with van der Waals surface area (Å²) in [5.74, 6) is 0.295. The van der Waals surface area contributed by atoms with E-state index in [-0.39, 0.29) is 18.2 Å². The maximum Gasteiger partial charge on any atom is 0.251 e. The molecule has 2 aromatic carbocycles. The van der Waals surface area contributed by atoms with Gasteiger partial charge in [0.05, 0.1) is 24.8 Å². The number of carbonyl (C=O) groups is 2. The van der Waals surface area contributed by atoms with E-state index in [1.165, 1.54) is 4.90 Å². The largest absolute Gasteiger partial charge is 0.494 e. The average Bonchev–Trinajstić information content (AvgIpc) is 2.93. The number of benzene rings is 2. The number of nitrogens with zero attached hydrogens (tertiary/aromatic N) is 1. The highest BCUT2D eigenvalue weighted by Crippen LogP contribution is 2.25. The number of hydrogen-bond acceptors (Lipinski definition) is 4. The first-order valence-corrected chi connectivity index (χ1v) is 9.03. The van der Waals surface area contributed by atoms with Crippen LogP contribution >= 0.6 is 11.6 Å². The Morgan fingerprint density at radius 2 is 1.81 bits per heavy atom. The number of carbonyl (C=O) groups excluding carboxylic acids is 2. The molecule has 1 atom stereocenters. The van der Waals surface area contributed by atoms with Crippen molar-refractivity contribution < 1.29 is 14.3 Å². The Bertz CT molecular complexity index is 775. The van der Waals surface area contributed by atoms with Crippen molar-refractivity contribution in [3.05, 3.63) is 59.1 Å². The molecule has 0 bridgehead atoms. The number of rotatable bonds is 7. The van der Waals surface area contributed by atoms with Gasteiger partial charge < -0.3 is 10.1 Å². The van der Waals surface area contributed by atoms with E-state index in [1.807, 2.05) is 19.1 Å². The van der Waals surface area contributed by atoms with E-state index in [0.717, 1.165) is 17.7 Å². The predicted octanol–water partition coefficient (Wildman–Crippen LogP) is 3.55.